The number of hydrogen-bond donors (Lipinski definition) is 1. The van der Waals surface area contributed by atoms with Gasteiger partial charge in [0.2, 0.25) is 12.7 Å². The third-order valence-electron chi connectivity index (χ3n) is 6.75. The summed E-state index contributed by atoms with van der Waals surface area (Å²) in [5.74, 6) is 1.97. The second-order valence-corrected chi connectivity index (χ2v) is 8.61. The maximum absolute atomic E-state index is 13.7. The normalized spacial score (nSPS) is 19.9. The third-order valence-corrected chi connectivity index (χ3v) is 6.75. The van der Waals surface area contributed by atoms with E-state index in [2.05, 4.69) is 15.4 Å². The SMILES string of the molecule is COc1ccc([C@H]2CC(=O)C3=C(C2)Nc2ncnn2[C@@H]3c2cc3c(cc2[N+](=O)[O-])OCO3)cc1OC. The second-order valence-electron chi connectivity index (χ2n) is 8.61. The van der Waals surface area contributed by atoms with Crippen LogP contribution in [0.4, 0.5) is 11.6 Å². The van der Waals surface area contributed by atoms with Crippen molar-refractivity contribution in [1.82, 2.24) is 14.8 Å². The number of nitrogens with zero attached hydrogens (tertiary/aromatic N) is 4. The van der Waals surface area contributed by atoms with Crippen molar-refractivity contribution < 1.29 is 28.7 Å². The third kappa shape index (κ3) is 3.33. The number of nitro benzene ring substituents is 1. The predicted molar refractivity (Wildman–Crippen MR) is 125 cm³/mol. The smallest absolute Gasteiger partial charge is 0.279 e. The van der Waals surface area contributed by atoms with Crippen LogP contribution in [0.25, 0.3) is 0 Å². The zero-order valence-electron chi connectivity index (χ0n) is 19.4. The van der Waals surface area contributed by atoms with Crippen LogP contribution in [0.5, 0.6) is 23.0 Å². The molecule has 36 heavy (non-hydrogen) atoms. The van der Waals surface area contributed by atoms with Gasteiger partial charge in [-0.25, -0.2) is 4.68 Å². The molecule has 1 aromatic heterocycles. The first-order valence-corrected chi connectivity index (χ1v) is 11.2. The van der Waals surface area contributed by atoms with Crippen LogP contribution in [0.15, 0.2) is 47.9 Å². The van der Waals surface area contributed by atoms with Crippen molar-refractivity contribution in [2.75, 3.05) is 26.3 Å². The Morgan fingerprint density at radius 3 is 2.64 bits per heavy atom. The Labute approximate surface area is 204 Å². The van der Waals surface area contributed by atoms with Crippen LogP contribution in [-0.4, -0.2) is 46.5 Å². The number of ketones is 1. The summed E-state index contributed by atoms with van der Waals surface area (Å²) < 4.78 is 23.1. The zero-order chi connectivity index (χ0) is 25.0. The van der Waals surface area contributed by atoms with E-state index in [-0.39, 0.29) is 41.9 Å². The van der Waals surface area contributed by atoms with E-state index >= 15 is 0 Å². The minimum atomic E-state index is -0.840. The molecule has 0 spiro atoms. The molecule has 12 nitrogen and oxygen atoms in total. The number of ether oxygens (including phenoxy) is 4. The van der Waals surface area contributed by atoms with E-state index in [0.717, 1.165) is 5.56 Å². The monoisotopic (exact) mass is 491 g/mol. The highest BCUT2D eigenvalue weighted by atomic mass is 16.7. The summed E-state index contributed by atoms with van der Waals surface area (Å²) in [7, 11) is 3.13. The summed E-state index contributed by atoms with van der Waals surface area (Å²) in [6, 6.07) is 7.64. The van der Waals surface area contributed by atoms with E-state index in [9.17, 15) is 14.9 Å². The van der Waals surface area contributed by atoms with Crippen LogP contribution in [0.1, 0.15) is 35.9 Å². The molecule has 2 atom stereocenters. The fraction of sp³-hybridized carbons (Fsp3) is 0.292. The number of allylic oxidation sites excluding steroid dienone is 2. The number of Topliss-reactive ketones (excluding diaryl/α,β-unsaturated/α-hetero) is 1. The average molecular weight is 491 g/mol. The van der Waals surface area contributed by atoms with Crippen LogP contribution < -0.4 is 24.3 Å². The number of methoxy groups -OCH3 is 2. The lowest BCUT2D eigenvalue weighted by molar-refractivity contribution is -0.385. The Bertz CT molecular complexity index is 1450. The molecule has 6 rings (SSSR count). The Balaban J connectivity index is 1.46. The van der Waals surface area contributed by atoms with Crippen LogP contribution in [-0.2, 0) is 4.79 Å². The van der Waals surface area contributed by atoms with Crippen LogP contribution in [0, 0.1) is 10.1 Å². The van der Waals surface area contributed by atoms with Gasteiger partial charge in [0.25, 0.3) is 5.69 Å². The number of carbonyl (C=O) groups is 1. The molecule has 0 unspecified atom stereocenters. The van der Waals surface area contributed by atoms with Crippen LogP contribution in [0.2, 0.25) is 0 Å². The quantitative estimate of drug-likeness (QED) is 0.417. The number of hydrogen-bond acceptors (Lipinski definition) is 10. The Morgan fingerprint density at radius 1 is 1.11 bits per heavy atom. The average Bonchev–Trinajstić information content (AvgIpc) is 3.54. The molecule has 2 aliphatic heterocycles. The molecule has 12 heteroatoms. The minimum Gasteiger partial charge on any atom is -0.493 e. The van der Waals surface area contributed by atoms with Gasteiger partial charge in [-0.1, -0.05) is 6.07 Å². The molecule has 3 aromatic rings. The van der Waals surface area contributed by atoms with Crippen LogP contribution >= 0.6 is 0 Å². The van der Waals surface area contributed by atoms with Gasteiger partial charge in [-0.3, -0.25) is 14.9 Å². The van der Waals surface area contributed by atoms with Crippen molar-refractivity contribution in [3.8, 4) is 23.0 Å². The predicted octanol–water partition coefficient (Wildman–Crippen LogP) is 3.35. The lowest BCUT2D eigenvalue weighted by atomic mass is 9.77. The lowest BCUT2D eigenvalue weighted by Gasteiger charge is -2.35. The van der Waals surface area contributed by atoms with Crippen molar-refractivity contribution in [2.45, 2.75) is 24.8 Å². The highest BCUT2D eigenvalue weighted by molar-refractivity contribution is 6.00. The van der Waals surface area contributed by atoms with E-state index in [4.69, 9.17) is 18.9 Å². The van der Waals surface area contributed by atoms with Gasteiger partial charge >= 0.3 is 0 Å². The lowest BCUT2D eigenvalue weighted by Crippen LogP contribution is -2.34. The molecular weight excluding hydrogens is 470 g/mol. The number of fused-ring (bicyclic) bond motifs is 2. The van der Waals surface area contributed by atoms with E-state index in [0.29, 0.717) is 40.9 Å². The minimum absolute atomic E-state index is 0.0311. The fourth-order valence-corrected chi connectivity index (χ4v) is 5.11. The number of aromatic nitrogens is 3. The van der Waals surface area contributed by atoms with Crippen molar-refractivity contribution in [3.63, 3.8) is 0 Å². The molecule has 0 radical (unpaired) electrons. The topological polar surface area (TPSA) is 140 Å². The first kappa shape index (κ1) is 21.9. The Hall–Kier alpha value is -4.61. The van der Waals surface area contributed by atoms with Gasteiger partial charge in [0, 0.05) is 17.7 Å². The maximum atomic E-state index is 13.7. The number of nitro groups is 1. The summed E-state index contributed by atoms with van der Waals surface area (Å²) in [4.78, 5) is 29.5. The summed E-state index contributed by atoms with van der Waals surface area (Å²) in [5, 5.41) is 19.5. The number of rotatable bonds is 5. The van der Waals surface area contributed by atoms with Gasteiger partial charge in [0.15, 0.2) is 28.8 Å². The van der Waals surface area contributed by atoms with E-state index in [1.54, 1.807) is 20.3 Å². The fourth-order valence-electron chi connectivity index (χ4n) is 5.11. The van der Waals surface area contributed by atoms with E-state index < -0.39 is 11.0 Å². The summed E-state index contributed by atoms with van der Waals surface area (Å²) in [6.07, 6.45) is 2.07. The molecule has 3 heterocycles. The molecule has 1 aliphatic carbocycles. The largest absolute Gasteiger partial charge is 0.493 e. The van der Waals surface area contributed by atoms with Gasteiger partial charge in [0.05, 0.1) is 30.8 Å². The van der Waals surface area contributed by atoms with E-state index in [1.807, 2.05) is 18.2 Å². The maximum Gasteiger partial charge on any atom is 0.279 e. The molecular formula is C24H21N5O7. The second kappa shape index (κ2) is 8.26. The molecule has 0 fully saturated rings. The molecule has 2 aromatic carbocycles. The van der Waals surface area contributed by atoms with Crippen molar-refractivity contribution in [1.29, 1.82) is 0 Å². The van der Waals surface area contributed by atoms with Gasteiger partial charge < -0.3 is 24.3 Å². The van der Waals surface area contributed by atoms with Gasteiger partial charge in [-0.15, -0.1) is 0 Å². The molecule has 0 amide bonds. The number of anilines is 1. The Kier molecular flexibility index (Phi) is 5.02. The standard InChI is InChI=1S/C24H21N5O7/c1-33-18-4-3-12(7-19(18)34-2)13-5-15-22(17(30)6-13)23(28-24(27-15)25-10-26-28)14-8-20-21(36-11-35-20)9-16(14)29(31)32/h3-4,7-10,13,23H,5-6,11H2,1-2H3,(H,25,26,27)/t13-,23-/m1/s1. The number of nitrogens with one attached hydrogen (secondary N) is 1. The number of carbonyl (C=O) groups excluding carboxylic acids is 1. The molecule has 1 N–H and O–H groups in total. The van der Waals surface area contributed by atoms with Crippen molar-refractivity contribution >= 4 is 17.4 Å². The number of benzene rings is 2. The molecule has 3 aliphatic rings. The van der Waals surface area contributed by atoms with Crippen LogP contribution in [0.3, 0.4) is 0 Å². The van der Waals surface area contributed by atoms with Gasteiger partial charge in [-0.05, 0) is 36.1 Å². The van der Waals surface area contributed by atoms with E-state index in [1.165, 1.54) is 17.1 Å². The highest BCUT2D eigenvalue weighted by Crippen LogP contribution is 2.49. The van der Waals surface area contributed by atoms with Crippen molar-refractivity contribution in [2.24, 2.45) is 0 Å². The molecule has 184 valence electrons. The van der Waals surface area contributed by atoms with Gasteiger partial charge in [0.1, 0.15) is 12.4 Å². The molecule has 0 bridgehead atoms. The van der Waals surface area contributed by atoms with Gasteiger partial charge in [-0.2, -0.15) is 10.1 Å². The summed E-state index contributed by atoms with van der Waals surface area (Å²) >= 11 is 0. The van der Waals surface area contributed by atoms with Crippen molar-refractivity contribution in [3.05, 3.63) is 69.2 Å². The Morgan fingerprint density at radius 2 is 1.89 bits per heavy atom. The first-order valence-electron chi connectivity index (χ1n) is 11.2. The highest BCUT2D eigenvalue weighted by Gasteiger charge is 2.42. The molecule has 0 saturated carbocycles. The zero-order valence-corrected chi connectivity index (χ0v) is 19.4. The summed E-state index contributed by atoms with van der Waals surface area (Å²) in [6.45, 7) is -0.0311. The first-order chi connectivity index (χ1) is 17.5. The molecule has 0 saturated heterocycles. The summed E-state index contributed by atoms with van der Waals surface area (Å²) in [5.41, 5.74) is 2.10.